The molecular weight excluding hydrogens is 604 g/mol. The maximum Gasteiger partial charge on any atom is 0.264 e. The number of benzene rings is 2. The predicted octanol–water partition coefficient (Wildman–Crippen LogP) is 5.42. The van der Waals surface area contributed by atoms with Crippen molar-refractivity contribution in [3.63, 3.8) is 0 Å². The van der Waals surface area contributed by atoms with Gasteiger partial charge in [0.2, 0.25) is 11.8 Å². The molecule has 0 spiro atoms. The number of aliphatic hydroxyl groups is 1. The number of nitrogens with one attached hydrogen (secondary N) is 1. The van der Waals surface area contributed by atoms with Gasteiger partial charge in [-0.1, -0.05) is 45.0 Å². The molecule has 2 N–H and O–H groups in total. The summed E-state index contributed by atoms with van der Waals surface area (Å²) in [4.78, 5) is 33.8. The summed E-state index contributed by atoms with van der Waals surface area (Å²) in [7, 11) is -4.20. The Labute approximate surface area is 270 Å². The van der Waals surface area contributed by atoms with Crippen LogP contribution in [0.5, 0.6) is 5.88 Å². The van der Waals surface area contributed by atoms with Crippen molar-refractivity contribution in [2.75, 3.05) is 11.3 Å². The monoisotopic (exact) mass is 644 g/mol. The van der Waals surface area contributed by atoms with Crippen LogP contribution < -0.4 is 9.46 Å². The molecule has 2 aromatic heterocycles. The number of rotatable bonds is 5. The van der Waals surface area contributed by atoms with E-state index in [2.05, 4.69) is 45.4 Å². The molecule has 0 radical (unpaired) electrons. The van der Waals surface area contributed by atoms with Crippen molar-refractivity contribution >= 4 is 21.9 Å². The molecule has 0 aliphatic carbocycles. The van der Waals surface area contributed by atoms with Gasteiger partial charge in [0.25, 0.3) is 15.9 Å². The van der Waals surface area contributed by atoms with E-state index in [0.717, 1.165) is 16.7 Å². The summed E-state index contributed by atoms with van der Waals surface area (Å²) >= 11 is 0. The van der Waals surface area contributed by atoms with E-state index in [-0.39, 0.29) is 40.9 Å². The molecule has 0 fully saturated rings. The van der Waals surface area contributed by atoms with E-state index < -0.39 is 27.6 Å². The number of sulfonamides is 1. The van der Waals surface area contributed by atoms with Gasteiger partial charge in [0.05, 0.1) is 28.9 Å². The molecule has 11 nitrogen and oxygen atoms in total. The minimum atomic E-state index is -4.20. The summed E-state index contributed by atoms with van der Waals surface area (Å²) in [6.07, 6.45) is 2.08. The van der Waals surface area contributed by atoms with Crippen LogP contribution in [0.4, 0.5) is 5.95 Å². The zero-order valence-corrected chi connectivity index (χ0v) is 28.0. The second-order valence-electron chi connectivity index (χ2n) is 13.4. The molecular formula is C34H40N6O5S. The summed E-state index contributed by atoms with van der Waals surface area (Å²) in [6, 6.07) is 14.5. The lowest BCUT2D eigenvalue weighted by Crippen LogP contribution is -2.45. The third-order valence-electron chi connectivity index (χ3n) is 7.67. The molecule has 12 heteroatoms. The highest BCUT2D eigenvalue weighted by molar-refractivity contribution is 7.92. The number of fused-ring (bicyclic) bond motifs is 4. The van der Waals surface area contributed by atoms with E-state index in [1.54, 1.807) is 43.1 Å². The molecule has 4 bridgehead atoms. The molecule has 3 heterocycles. The lowest BCUT2D eigenvalue weighted by atomic mass is 9.87. The second-order valence-corrected chi connectivity index (χ2v) is 15.1. The minimum Gasteiger partial charge on any atom is -0.475 e. The summed E-state index contributed by atoms with van der Waals surface area (Å²) in [5.74, 6) is -0.0845. The highest BCUT2D eigenvalue weighted by Gasteiger charge is 2.32. The zero-order valence-electron chi connectivity index (χ0n) is 27.2. The molecule has 5 rings (SSSR count). The molecule has 242 valence electrons. The smallest absolute Gasteiger partial charge is 0.264 e. The first-order chi connectivity index (χ1) is 21.5. The van der Waals surface area contributed by atoms with Gasteiger partial charge in [0, 0.05) is 23.4 Å². The van der Waals surface area contributed by atoms with E-state index in [1.165, 1.54) is 18.2 Å². The van der Waals surface area contributed by atoms with Crippen molar-refractivity contribution in [2.45, 2.75) is 78.0 Å². The fraction of sp³-hybridized carbons (Fsp3) is 0.382. The Morgan fingerprint density at radius 2 is 1.67 bits per heavy atom. The molecule has 2 aromatic carbocycles. The summed E-state index contributed by atoms with van der Waals surface area (Å²) < 4.78 is 36.0. The average Bonchev–Trinajstić information content (AvgIpc) is 2.96. The van der Waals surface area contributed by atoms with Crippen molar-refractivity contribution in [2.24, 2.45) is 5.41 Å². The topological polar surface area (TPSA) is 148 Å². The average molecular weight is 645 g/mol. The number of aromatic nitrogens is 4. The first kappa shape index (κ1) is 33.0. The van der Waals surface area contributed by atoms with E-state index in [1.807, 2.05) is 32.0 Å². The van der Waals surface area contributed by atoms with Gasteiger partial charge in [0.1, 0.15) is 18.0 Å². The number of amides is 1. The van der Waals surface area contributed by atoms with Crippen LogP contribution in [0, 0.1) is 19.3 Å². The summed E-state index contributed by atoms with van der Waals surface area (Å²) in [6.45, 7) is 13.4. The number of carbonyl (C=O) groups is 1. The Kier molecular flexibility index (Phi) is 8.89. The standard InChI is InChI=1S/C34H40N6O5S/c1-21-10-8-11-22(2)30(21)26-17-29-38-32(36-26)39-46(43,44)25-13-9-12-23(16-25)31(41)40(24(20-45-29)18-33(3,4)5)19-28-35-15-14-27(37-28)34(6,7)42/h8-17,24,42H,18-20H2,1-7H3,(H,36,38,39)/t24-/m1/s1. The van der Waals surface area contributed by atoms with Gasteiger partial charge in [0.15, 0.2) is 0 Å². The Hall–Kier alpha value is -4.42. The fourth-order valence-corrected chi connectivity index (χ4v) is 6.50. The Balaban J connectivity index is 1.68. The van der Waals surface area contributed by atoms with Crippen molar-refractivity contribution < 1.29 is 23.1 Å². The van der Waals surface area contributed by atoms with E-state index >= 15 is 0 Å². The van der Waals surface area contributed by atoms with Gasteiger partial charge < -0.3 is 14.7 Å². The van der Waals surface area contributed by atoms with E-state index in [9.17, 15) is 18.3 Å². The number of anilines is 1. The molecule has 1 amide bonds. The minimum absolute atomic E-state index is 0.00916. The second kappa shape index (κ2) is 12.4. The van der Waals surface area contributed by atoms with E-state index in [4.69, 9.17) is 4.74 Å². The summed E-state index contributed by atoms with van der Waals surface area (Å²) in [5.41, 5.74) is 2.38. The van der Waals surface area contributed by atoms with Crippen LogP contribution >= 0.6 is 0 Å². The van der Waals surface area contributed by atoms with Gasteiger partial charge in [-0.05, 0) is 74.9 Å². The van der Waals surface area contributed by atoms with Crippen molar-refractivity contribution in [3.8, 4) is 17.1 Å². The molecule has 0 unspecified atom stereocenters. The quantitative estimate of drug-likeness (QED) is 0.291. The van der Waals surface area contributed by atoms with E-state index in [0.29, 0.717) is 23.6 Å². The largest absolute Gasteiger partial charge is 0.475 e. The van der Waals surface area contributed by atoms with Gasteiger partial charge >= 0.3 is 0 Å². The SMILES string of the molecule is Cc1cccc(C)c1-c1cc2nc(n1)NS(=O)(=O)c1cccc(c1)C(=O)N(Cc1nccc(C(C)(C)O)n1)[C@H](CC(C)(C)C)CO2. The predicted molar refractivity (Wildman–Crippen MR) is 175 cm³/mol. The molecule has 1 aliphatic heterocycles. The first-order valence-corrected chi connectivity index (χ1v) is 16.6. The third-order valence-corrected chi connectivity index (χ3v) is 9.00. The number of nitrogens with zero attached hydrogens (tertiary/aromatic N) is 5. The number of hydrogen-bond donors (Lipinski definition) is 2. The van der Waals surface area contributed by atoms with Crippen LogP contribution in [0.15, 0.2) is 65.7 Å². The lowest BCUT2D eigenvalue weighted by Gasteiger charge is -2.35. The summed E-state index contributed by atoms with van der Waals surface area (Å²) in [5, 5.41) is 10.6. The maximum atomic E-state index is 14.3. The highest BCUT2D eigenvalue weighted by atomic mass is 32.2. The molecule has 1 atom stereocenters. The number of hydrogen-bond acceptors (Lipinski definition) is 9. The third kappa shape index (κ3) is 7.51. The zero-order chi connectivity index (χ0) is 33.4. The Bertz CT molecular complexity index is 1860. The van der Waals surface area contributed by atoms with Gasteiger partial charge in [-0.25, -0.2) is 28.1 Å². The van der Waals surface area contributed by atoms with Crippen LogP contribution in [0.1, 0.15) is 74.0 Å². The van der Waals surface area contributed by atoms with Crippen LogP contribution in [0.2, 0.25) is 0 Å². The normalized spacial score (nSPS) is 16.8. The Morgan fingerprint density at radius 3 is 2.35 bits per heavy atom. The van der Waals surface area contributed by atoms with Crippen molar-refractivity contribution in [1.82, 2.24) is 24.8 Å². The molecule has 0 saturated heterocycles. The fourth-order valence-electron chi connectivity index (χ4n) is 5.51. The van der Waals surface area contributed by atoms with Crippen LogP contribution in [0.25, 0.3) is 11.3 Å². The molecule has 1 aliphatic rings. The van der Waals surface area contributed by atoms with Crippen molar-refractivity contribution in [1.29, 1.82) is 0 Å². The van der Waals surface area contributed by atoms with Gasteiger partial charge in [-0.3, -0.25) is 4.79 Å². The maximum absolute atomic E-state index is 14.3. The number of ether oxygens (including phenoxy) is 1. The van der Waals surface area contributed by atoms with Gasteiger partial charge in [-0.15, -0.1) is 0 Å². The van der Waals surface area contributed by atoms with Crippen molar-refractivity contribution in [3.05, 3.63) is 89.0 Å². The molecule has 4 aromatic rings. The first-order valence-electron chi connectivity index (χ1n) is 15.1. The molecule has 0 saturated carbocycles. The Morgan fingerprint density at radius 1 is 0.978 bits per heavy atom. The number of carbonyl (C=O) groups excluding carboxylic acids is 1. The van der Waals surface area contributed by atoms with Crippen LogP contribution in [-0.4, -0.2) is 56.9 Å². The van der Waals surface area contributed by atoms with Crippen LogP contribution in [0.3, 0.4) is 0 Å². The lowest BCUT2D eigenvalue weighted by molar-refractivity contribution is 0.0501. The van der Waals surface area contributed by atoms with Gasteiger partial charge in [-0.2, -0.15) is 4.98 Å². The van der Waals surface area contributed by atoms with Crippen LogP contribution in [-0.2, 0) is 22.2 Å². The highest BCUT2D eigenvalue weighted by Crippen LogP contribution is 2.32. The number of aryl methyl sites for hydroxylation is 2. The molecule has 46 heavy (non-hydrogen) atoms.